The number of aliphatic hydroxyl groups is 1. The van der Waals surface area contributed by atoms with Crippen molar-refractivity contribution in [3.63, 3.8) is 0 Å². The number of hydrogen-bond acceptors (Lipinski definition) is 5. The third-order valence-corrected chi connectivity index (χ3v) is 6.28. The number of aliphatic carboxylic acids is 1. The summed E-state index contributed by atoms with van der Waals surface area (Å²) in [6, 6.07) is 15.6. The number of carbonyl (C=O) groups is 2. The van der Waals surface area contributed by atoms with Crippen molar-refractivity contribution >= 4 is 23.5 Å². The van der Waals surface area contributed by atoms with E-state index < -0.39 is 18.0 Å². The first kappa shape index (κ1) is 24.8. The molecule has 1 unspecified atom stereocenters. The van der Waals surface area contributed by atoms with E-state index in [9.17, 15) is 14.7 Å². The van der Waals surface area contributed by atoms with Crippen molar-refractivity contribution in [2.24, 2.45) is 11.8 Å². The molecule has 0 spiro atoms. The maximum atomic E-state index is 12.3. The van der Waals surface area contributed by atoms with E-state index in [1.165, 1.54) is 0 Å². The van der Waals surface area contributed by atoms with Gasteiger partial charge in [-0.1, -0.05) is 36.4 Å². The maximum absolute atomic E-state index is 12.3. The van der Waals surface area contributed by atoms with Crippen LogP contribution in [0, 0.1) is 11.8 Å². The first-order chi connectivity index (χ1) is 15.9. The molecule has 0 aromatic heterocycles. The highest BCUT2D eigenvalue weighted by atomic mass is 35.5. The van der Waals surface area contributed by atoms with E-state index in [1.807, 2.05) is 18.2 Å². The molecule has 4 atom stereocenters. The Morgan fingerprint density at radius 1 is 1.03 bits per heavy atom. The van der Waals surface area contributed by atoms with Crippen LogP contribution in [0.25, 0.3) is 0 Å². The minimum Gasteiger partial charge on any atom is -0.493 e. The number of carboxylic acid groups (broad SMARTS) is 1. The fraction of sp³-hybridized carbons (Fsp3) is 0.385. The van der Waals surface area contributed by atoms with Gasteiger partial charge in [0.15, 0.2) is 0 Å². The highest BCUT2D eigenvalue weighted by Crippen LogP contribution is 2.39. The normalized spacial score (nSPS) is 22.4. The van der Waals surface area contributed by atoms with Crippen LogP contribution < -0.4 is 9.47 Å². The van der Waals surface area contributed by atoms with Gasteiger partial charge in [0, 0.05) is 23.8 Å². The Labute approximate surface area is 198 Å². The van der Waals surface area contributed by atoms with E-state index in [1.54, 1.807) is 48.5 Å². The van der Waals surface area contributed by atoms with E-state index >= 15 is 0 Å². The van der Waals surface area contributed by atoms with Gasteiger partial charge in [-0.15, -0.1) is 11.6 Å². The molecule has 0 amide bonds. The number of halogens is 1. The molecule has 1 aliphatic rings. The van der Waals surface area contributed by atoms with E-state index in [-0.39, 0.29) is 30.2 Å². The number of unbranched alkanes of at least 4 members (excludes halogenated alkanes) is 1. The molecule has 0 heterocycles. The lowest BCUT2D eigenvalue weighted by molar-refractivity contribution is -0.137. The summed E-state index contributed by atoms with van der Waals surface area (Å²) in [5.74, 6) is -0.396. The summed E-state index contributed by atoms with van der Waals surface area (Å²) in [5.41, 5.74) is 0.463. The van der Waals surface area contributed by atoms with Crippen molar-refractivity contribution in [3.05, 3.63) is 72.3 Å². The van der Waals surface area contributed by atoms with Crippen LogP contribution in [0.15, 0.2) is 66.7 Å². The van der Waals surface area contributed by atoms with Crippen LogP contribution in [-0.2, 0) is 4.79 Å². The molecule has 2 aromatic carbocycles. The Morgan fingerprint density at radius 3 is 2.55 bits per heavy atom. The molecular weight excluding hydrogens is 444 g/mol. The average Bonchev–Trinajstić information content (AvgIpc) is 3.07. The molecule has 2 N–H and O–H groups in total. The lowest BCUT2D eigenvalue weighted by Crippen LogP contribution is -2.27. The Balaban J connectivity index is 1.54. The summed E-state index contributed by atoms with van der Waals surface area (Å²) < 4.78 is 11.4. The molecule has 6 nitrogen and oxygen atoms in total. The SMILES string of the molecule is O=C(O)CCC/C=C\C[C@@H]1C(COc2cccc(OC(=O)c3ccccc3)c2)[C@H](O)C[C@H]1Cl. The monoisotopic (exact) mass is 472 g/mol. The molecular formula is C26H29ClO6. The van der Waals surface area contributed by atoms with E-state index in [4.69, 9.17) is 26.2 Å². The molecule has 33 heavy (non-hydrogen) atoms. The van der Waals surface area contributed by atoms with Crippen molar-refractivity contribution in [2.45, 2.75) is 43.6 Å². The summed E-state index contributed by atoms with van der Waals surface area (Å²) in [4.78, 5) is 22.9. The molecule has 1 saturated carbocycles. The highest BCUT2D eigenvalue weighted by Gasteiger charge is 2.41. The molecule has 0 saturated heterocycles. The van der Waals surface area contributed by atoms with Gasteiger partial charge in [0.2, 0.25) is 0 Å². The largest absolute Gasteiger partial charge is 0.493 e. The lowest BCUT2D eigenvalue weighted by atomic mass is 9.92. The number of ether oxygens (including phenoxy) is 2. The smallest absolute Gasteiger partial charge is 0.343 e. The first-order valence-corrected chi connectivity index (χ1v) is 11.6. The maximum Gasteiger partial charge on any atom is 0.343 e. The van der Waals surface area contributed by atoms with Gasteiger partial charge in [0.1, 0.15) is 11.5 Å². The fourth-order valence-electron chi connectivity index (χ4n) is 3.99. The second-order valence-corrected chi connectivity index (χ2v) is 8.74. The van der Waals surface area contributed by atoms with Gasteiger partial charge in [-0.05, 0) is 55.9 Å². The predicted octanol–water partition coefficient (Wildman–Crippen LogP) is 5.09. The van der Waals surface area contributed by atoms with Crippen molar-refractivity contribution in [1.82, 2.24) is 0 Å². The molecule has 3 rings (SSSR count). The fourth-order valence-corrected chi connectivity index (χ4v) is 4.47. The average molecular weight is 473 g/mol. The van der Waals surface area contributed by atoms with Crippen LogP contribution in [0.1, 0.15) is 42.5 Å². The van der Waals surface area contributed by atoms with Gasteiger partial charge in [0.25, 0.3) is 0 Å². The van der Waals surface area contributed by atoms with Gasteiger partial charge >= 0.3 is 11.9 Å². The highest BCUT2D eigenvalue weighted by molar-refractivity contribution is 6.21. The predicted molar refractivity (Wildman–Crippen MR) is 126 cm³/mol. The van der Waals surface area contributed by atoms with Crippen LogP contribution in [-0.4, -0.2) is 40.2 Å². The summed E-state index contributed by atoms with van der Waals surface area (Å²) in [7, 11) is 0. The quantitative estimate of drug-likeness (QED) is 0.155. The molecule has 1 fully saturated rings. The van der Waals surface area contributed by atoms with Crippen molar-refractivity contribution in [3.8, 4) is 11.5 Å². The second-order valence-electron chi connectivity index (χ2n) is 8.18. The molecule has 7 heteroatoms. The topological polar surface area (TPSA) is 93.1 Å². The molecule has 0 aliphatic heterocycles. The van der Waals surface area contributed by atoms with E-state index in [2.05, 4.69) is 0 Å². The van der Waals surface area contributed by atoms with Crippen LogP contribution in [0.3, 0.4) is 0 Å². The molecule has 1 aliphatic carbocycles. The Hall–Kier alpha value is -2.83. The van der Waals surface area contributed by atoms with E-state index in [0.717, 1.165) is 0 Å². The Morgan fingerprint density at radius 2 is 1.79 bits per heavy atom. The van der Waals surface area contributed by atoms with Crippen LogP contribution in [0.4, 0.5) is 0 Å². The Kier molecular flexibility index (Phi) is 9.34. The van der Waals surface area contributed by atoms with Gasteiger partial charge in [-0.25, -0.2) is 4.79 Å². The minimum absolute atomic E-state index is 0.0523. The summed E-state index contributed by atoms with van der Waals surface area (Å²) in [6.07, 6.45) is 6.07. The first-order valence-electron chi connectivity index (χ1n) is 11.1. The molecule has 0 bridgehead atoms. The third-order valence-electron chi connectivity index (χ3n) is 5.78. The summed E-state index contributed by atoms with van der Waals surface area (Å²) in [5, 5.41) is 19.0. The number of aliphatic hydroxyl groups excluding tert-OH is 1. The zero-order chi connectivity index (χ0) is 23.6. The lowest BCUT2D eigenvalue weighted by Gasteiger charge is -2.22. The van der Waals surface area contributed by atoms with Gasteiger partial charge in [-0.2, -0.15) is 0 Å². The van der Waals surface area contributed by atoms with Crippen LogP contribution in [0.2, 0.25) is 0 Å². The number of carboxylic acids is 1. The number of hydrogen-bond donors (Lipinski definition) is 2. The second kappa shape index (κ2) is 12.4. The number of allylic oxidation sites excluding steroid dienone is 2. The molecule has 0 radical (unpaired) electrons. The van der Waals surface area contributed by atoms with E-state index in [0.29, 0.717) is 42.7 Å². The standard InChI is InChI=1S/C26H29ClO6/c27-23-16-24(28)22(21(23)13-6-1-2-7-14-25(29)30)17-32-19-11-8-12-20(15-19)33-26(31)18-9-4-3-5-10-18/h1,3-6,8-12,15,21-24,28H,2,7,13-14,16-17H2,(H,29,30)/b6-1-/t21-,22?,23-,24-/m1/s1. The number of rotatable bonds is 11. The molecule has 2 aromatic rings. The van der Waals surface area contributed by atoms with Gasteiger partial charge in [-0.3, -0.25) is 4.79 Å². The van der Waals surface area contributed by atoms with Gasteiger partial charge in [0.05, 0.1) is 18.3 Å². The zero-order valence-corrected chi connectivity index (χ0v) is 19.1. The van der Waals surface area contributed by atoms with Crippen LogP contribution >= 0.6 is 11.6 Å². The van der Waals surface area contributed by atoms with Crippen LogP contribution in [0.5, 0.6) is 11.5 Å². The third kappa shape index (κ3) is 7.62. The van der Waals surface area contributed by atoms with Crippen molar-refractivity contribution in [1.29, 1.82) is 0 Å². The van der Waals surface area contributed by atoms with Gasteiger partial charge < -0.3 is 19.7 Å². The number of benzene rings is 2. The number of carbonyl (C=O) groups excluding carboxylic acids is 1. The summed E-state index contributed by atoms with van der Waals surface area (Å²) in [6.45, 7) is 0.290. The van der Waals surface area contributed by atoms with Crippen molar-refractivity contribution in [2.75, 3.05) is 6.61 Å². The number of esters is 1. The molecule has 176 valence electrons. The van der Waals surface area contributed by atoms with Crippen molar-refractivity contribution < 1.29 is 29.3 Å². The summed E-state index contributed by atoms with van der Waals surface area (Å²) >= 11 is 6.49. The zero-order valence-electron chi connectivity index (χ0n) is 18.3. The number of alkyl halides is 1. The minimum atomic E-state index is -0.792. The Bertz CT molecular complexity index is 945.